The monoisotopic (exact) mass is 553 g/mol. The van der Waals surface area contributed by atoms with Crippen molar-refractivity contribution in [3.05, 3.63) is 132 Å². The average molecular weight is 554 g/mol. The van der Waals surface area contributed by atoms with Gasteiger partial charge in [-0.15, -0.1) is 11.3 Å². The van der Waals surface area contributed by atoms with Crippen molar-refractivity contribution in [1.82, 2.24) is 9.13 Å². The number of hydrogen-bond donors (Lipinski definition) is 0. The maximum Gasteiger partial charge on any atom is 0.0992 e. The standard InChI is InChI=1S/C38H23N3S/c1-23-10-14-29-30-15-11-24(22-39)19-36(30)41(35(29)18-23)26-13-17-38-32(21-26)31-20-25(12-16-37(31)42-38)40-33-8-4-2-6-27(33)28-7-3-5-9-34(28)40/h2-21H,1H3. The molecule has 4 heteroatoms. The first-order valence-corrected chi connectivity index (χ1v) is 14.9. The molecular formula is C38H23N3S. The van der Waals surface area contributed by atoms with Gasteiger partial charge < -0.3 is 9.13 Å². The molecule has 9 aromatic rings. The summed E-state index contributed by atoms with van der Waals surface area (Å²) in [4.78, 5) is 0. The minimum Gasteiger partial charge on any atom is -0.309 e. The first-order valence-electron chi connectivity index (χ1n) is 14.1. The van der Waals surface area contributed by atoms with E-state index in [1.54, 1.807) is 0 Å². The Kier molecular flexibility index (Phi) is 4.76. The maximum absolute atomic E-state index is 9.69. The largest absolute Gasteiger partial charge is 0.309 e. The molecule has 196 valence electrons. The molecule has 0 fully saturated rings. The summed E-state index contributed by atoms with van der Waals surface area (Å²) in [6.45, 7) is 2.13. The summed E-state index contributed by atoms with van der Waals surface area (Å²) in [6, 6.07) is 45.9. The van der Waals surface area contributed by atoms with Crippen molar-refractivity contribution in [3.8, 4) is 17.4 Å². The van der Waals surface area contributed by atoms with Crippen molar-refractivity contribution in [1.29, 1.82) is 5.26 Å². The van der Waals surface area contributed by atoms with E-state index in [2.05, 4.69) is 131 Å². The number of nitriles is 1. The lowest BCUT2D eigenvalue weighted by atomic mass is 10.1. The highest BCUT2D eigenvalue weighted by atomic mass is 32.1. The number of aryl methyl sites for hydroxylation is 1. The fourth-order valence-corrected chi connectivity index (χ4v) is 7.78. The van der Waals surface area contributed by atoms with E-state index in [-0.39, 0.29) is 0 Å². The van der Waals surface area contributed by atoms with Crippen molar-refractivity contribution < 1.29 is 0 Å². The molecule has 0 amide bonds. The SMILES string of the molecule is Cc1ccc2c3ccc(C#N)cc3n(-c3ccc4sc5ccc(-n6c7ccccc7c7ccccc76)cc5c4c3)c2c1. The van der Waals surface area contributed by atoms with Crippen LogP contribution in [0.1, 0.15) is 11.1 Å². The minimum absolute atomic E-state index is 0.668. The zero-order chi connectivity index (χ0) is 27.9. The summed E-state index contributed by atoms with van der Waals surface area (Å²) in [6.07, 6.45) is 0. The van der Waals surface area contributed by atoms with E-state index < -0.39 is 0 Å². The van der Waals surface area contributed by atoms with Gasteiger partial charge in [0.2, 0.25) is 0 Å². The van der Waals surface area contributed by atoms with Crippen molar-refractivity contribution in [2.24, 2.45) is 0 Å². The van der Waals surface area contributed by atoms with Crippen molar-refractivity contribution in [2.75, 3.05) is 0 Å². The zero-order valence-electron chi connectivity index (χ0n) is 22.8. The van der Waals surface area contributed by atoms with E-state index in [4.69, 9.17) is 0 Å². The van der Waals surface area contributed by atoms with Gasteiger partial charge in [-0.3, -0.25) is 0 Å². The number of fused-ring (bicyclic) bond motifs is 9. The predicted octanol–water partition coefficient (Wildman–Crippen LogP) is 10.4. The Labute approximate surface area is 245 Å². The van der Waals surface area contributed by atoms with Gasteiger partial charge in [-0.2, -0.15) is 5.26 Å². The smallest absolute Gasteiger partial charge is 0.0992 e. The molecule has 0 saturated carbocycles. The molecule has 0 bridgehead atoms. The summed E-state index contributed by atoms with van der Waals surface area (Å²) in [5.74, 6) is 0. The fraction of sp³-hybridized carbons (Fsp3) is 0.0263. The molecule has 0 aliphatic rings. The number of benzene rings is 6. The third kappa shape index (κ3) is 3.20. The van der Waals surface area contributed by atoms with Crippen LogP contribution in [0.5, 0.6) is 0 Å². The Balaban J connectivity index is 1.33. The first-order chi connectivity index (χ1) is 20.7. The lowest BCUT2D eigenvalue weighted by molar-refractivity contribution is 1.18. The Bertz CT molecular complexity index is 2550. The molecule has 3 aromatic heterocycles. The number of thiophene rings is 1. The summed E-state index contributed by atoms with van der Waals surface area (Å²) in [5.41, 5.74) is 8.79. The molecular weight excluding hydrogens is 531 g/mol. The van der Waals surface area contributed by atoms with E-state index >= 15 is 0 Å². The van der Waals surface area contributed by atoms with E-state index in [1.807, 2.05) is 23.5 Å². The number of hydrogen-bond acceptors (Lipinski definition) is 2. The highest BCUT2D eigenvalue weighted by Gasteiger charge is 2.16. The van der Waals surface area contributed by atoms with Gasteiger partial charge in [-0.25, -0.2) is 0 Å². The first kappa shape index (κ1) is 23.3. The zero-order valence-corrected chi connectivity index (χ0v) is 23.6. The van der Waals surface area contributed by atoms with Gasteiger partial charge in [0.05, 0.1) is 33.7 Å². The lowest BCUT2D eigenvalue weighted by Crippen LogP contribution is -1.94. The molecule has 0 spiro atoms. The van der Waals surface area contributed by atoms with Crippen LogP contribution in [0.2, 0.25) is 0 Å². The Morgan fingerprint density at radius 1 is 0.500 bits per heavy atom. The topological polar surface area (TPSA) is 33.6 Å². The lowest BCUT2D eigenvalue weighted by Gasteiger charge is -2.10. The summed E-state index contributed by atoms with van der Waals surface area (Å²) in [7, 11) is 0. The number of rotatable bonds is 2. The van der Waals surface area contributed by atoms with Crippen LogP contribution in [0.25, 0.3) is 75.2 Å². The molecule has 0 radical (unpaired) electrons. The number of nitrogens with zero attached hydrogens (tertiary/aromatic N) is 3. The van der Waals surface area contributed by atoms with E-state index in [0.717, 1.165) is 27.8 Å². The molecule has 0 unspecified atom stereocenters. The normalized spacial score (nSPS) is 11.9. The Morgan fingerprint density at radius 2 is 1.02 bits per heavy atom. The molecule has 42 heavy (non-hydrogen) atoms. The molecule has 9 rings (SSSR count). The van der Waals surface area contributed by atoms with E-state index in [1.165, 1.54) is 52.9 Å². The summed E-state index contributed by atoms with van der Waals surface area (Å²) in [5, 5.41) is 17.1. The number of para-hydroxylation sites is 2. The molecule has 0 aliphatic carbocycles. The average Bonchev–Trinajstić information content (AvgIpc) is 3.67. The highest BCUT2D eigenvalue weighted by molar-refractivity contribution is 7.25. The maximum atomic E-state index is 9.69. The van der Waals surface area contributed by atoms with E-state index in [9.17, 15) is 5.26 Å². The number of aromatic nitrogens is 2. The van der Waals surface area contributed by atoms with Crippen LogP contribution in [0.3, 0.4) is 0 Å². The quantitative estimate of drug-likeness (QED) is 0.210. The van der Waals surface area contributed by atoms with Gasteiger partial charge in [0, 0.05) is 53.1 Å². The van der Waals surface area contributed by atoms with Crippen molar-refractivity contribution in [2.45, 2.75) is 6.92 Å². The summed E-state index contributed by atoms with van der Waals surface area (Å²) >= 11 is 1.84. The highest BCUT2D eigenvalue weighted by Crippen LogP contribution is 2.40. The van der Waals surface area contributed by atoms with Gasteiger partial charge in [-0.05, 0) is 79.2 Å². The van der Waals surface area contributed by atoms with Gasteiger partial charge in [-0.1, -0.05) is 54.6 Å². The molecule has 0 saturated heterocycles. The van der Waals surface area contributed by atoms with Crippen molar-refractivity contribution >= 4 is 75.1 Å². The van der Waals surface area contributed by atoms with Crippen LogP contribution >= 0.6 is 11.3 Å². The molecule has 0 aliphatic heterocycles. The van der Waals surface area contributed by atoms with Crippen LogP contribution in [0, 0.1) is 18.3 Å². The van der Waals surface area contributed by atoms with E-state index in [0.29, 0.717) is 5.56 Å². The summed E-state index contributed by atoms with van der Waals surface area (Å²) < 4.78 is 7.24. The molecule has 0 N–H and O–H groups in total. The molecule has 0 atom stereocenters. The van der Waals surface area contributed by atoms with Crippen molar-refractivity contribution in [3.63, 3.8) is 0 Å². The fourth-order valence-electron chi connectivity index (χ4n) is 6.71. The van der Waals surface area contributed by atoms with Crippen LogP contribution < -0.4 is 0 Å². The van der Waals surface area contributed by atoms with Gasteiger partial charge >= 0.3 is 0 Å². The predicted molar refractivity (Wildman–Crippen MR) is 177 cm³/mol. The molecule has 3 heterocycles. The second kappa shape index (κ2) is 8.57. The molecule has 3 nitrogen and oxygen atoms in total. The third-order valence-corrected chi connectivity index (χ3v) is 9.74. The third-order valence-electron chi connectivity index (χ3n) is 8.58. The van der Waals surface area contributed by atoms with Crippen LogP contribution in [-0.2, 0) is 0 Å². The Hall–Kier alpha value is -5.37. The van der Waals surface area contributed by atoms with Gasteiger partial charge in [0.15, 0.2) is 0 Å². The van der Waals surface area contributed by atoms with Crippen LogP contribution in [0.4, 0.5) is 0 Å². The van der Waals surface area contributed by atoms with Crippen LogP contribution in [-0.4, -0.2) is 9.13 Å². The van der Waals surface area contributed by atoms with Gasteiger partial charge in [0.25, 0.3) is 0 Å². The molecule has 6 aromatic carbocycles. The Morgan fingerprint density at radius 3 is 1.64 bits per heavy atom. The second-order valence-corrected chi connectivity index (χ2v) is 12.1. The second-order valence-electron chi connectivity index (χ2n) is 11.0. The minimum atomic E-state index is 0.668. The van der Waals surface area contributed by atoms with Crippen LogP contribution in [0.15, 0.2) is 121 Å². The van der Waals surface area contributed by atoms with Gasteiger partial charge in [0.1, 0.15) is 0 Å².